The minimum atomic E-state index is -0.311. The monoisotopic (exact) mass is 238 g/mol. The van der Waals surface area contributed by atoms with Crippen LogP contribution in [-0.4, -0.2) is 22.8 Å². The van der Waals surface area contributed by atoms with Gasteiger partial charge in [0.25, 0.3) is 5.56 Å². The molecule has 0 radical (unpaired) electrons. The average Bonchev–Trinajstić information content (AvgIpc) is 2.28. The van der Waals surface area contributed by atoms with Crippen molar-refractivity contribution in [2.75, 3.05) is 13.2 Å². The highest BCUT2D eigenvalue weighted by Gasteiger charge is 2.18. The number of aromatic nitrogens is 2. The van der Waals surface area contributed by atoms with Gasteiger partial charge in [0.15, 0.2) is 0 Å². The standard InChI is InChI=1S/C12H18N2O3/c1-8(2)14-11(15)7-10(13-12(14)16)9-3-5-17-6-4-9/h7-9H,3-6H2,1-2H3,(H,13,16). The number of rotatable bonds is 2. The molecule has 94 valence electrons. The third-order valence-electron chi connectivity index (χ3n) is 3.16. The van der Waals surface area contributed by atoms with Gasteiger partial charge < -0.3 is 9.72 Å². The third kappa shape index (κ3) is 2.49. The van der Waals surface area contributed by atoms with E-state index in [2.05, 4.69) is 4.98 Å². The zero-order valence-electron chi connectivity index (χ0n) is 10.2. The van der Waals surface area contributed by atoms with Crippen molar-refractivity contribution in [3.63, 3.8) is 0 Å². The molecule has 0 aromatic carbocycles. The average molecular weight is 238 g/mol. The summed E-state index contributed by atoms with van der Waals surface area (Å²) >= 11 is 0. The molecule has 2 rings (SSSR count). The number of aromatic amines is 1. The van der Waals surface area contributed by atoms with Gasteiger partial charge in [-0.25, -0.2) is 4.79 Å². The SMILES string of the molecule is CC(C)n1c(=O)cc(C2CCOCC2)[nH]c1=O. The Labute approximate surface area is 99.4 Å². The quantitative estimate of drug-likeness (QED) is 0.836. The number of H-pyrrole nitrogens is 1. The Hall–Kier alpha value is -1.36. The molecule has 0 spiro atoms. The van der Waals surface area contributed by atoms with Gasteiger partial charge in [0.1, 0.15) is 0 Å². The number of nitrogens with zero attached hydrogens (tertiary/aromatic N) is 1. The zero-order valence-corrected chi connectivity index (χ0v) is 10.2. The smallest absolute Gasteiger partial charge is 0.328 e. The summed E-state index contributed by atoms with van der Waals surface area (Å²) in [5.74, 6) is 0.242. The lowest BCUT2D eigenvalue weighted by atomic mass is 9.96. The fourth-order valence-corrected chi connectivity index (χ4v) is 2.24. The molecular weight excluding hydrogens is 220 g/mol. The molecule has 0 unspecified atom stereocenters. The normalized spacial score (nSPS) is 17.6. The van der Waals surface area contributed by atoms with Crippen LogP contribution < -0.4 is 11.2 Å². The minimum absolute atomic E-state index is 0.116. The summed E-state index contributed by atoms with van der Waals surface area (Å²) in [6.45, 7) is 5.04. The second-order valence-corrected chi connectivity index (χ2v) is 4.72. The Morgan fingerprint density at radius 2 is 2.00 bits per heavy atom. The second kappa shape index (κ2) is 4.87. The van der Waals surface area contributed by atoms with E-state index in [1.807, 2.05) is 13.8 Å². The summed E-state index contributed by atoms with van der Waals surface area (Å²) in [6, 6.07) is 1.44. The minimum Gasteiger partial charge on any atom is -0.381 e. The highest BCUT2D eigenvalue weighted by atomic mass is 16.5. The first-order valence-corrected chi connectivity index (χ1v) is 6.03. The largest absolute Gasteiger partial charge is 0.381 e. The van der Waals surface area contributed by atoms with E-state index in [0.29, 0.717) is 13.2 Å². The van der Waals surface area contributed by atoms with E-state index in [4.69, 9.17) is 4.74 Å². The summed E-state index contributed by atoms with van der Waals surface area (Å²) in [5.41, 5.74) is 0.222. The van der Waals surface area contributed by atoms with E-state index in [1.165, 1.54) is 4.57 Å². The van der Waals surface area contributed by atoms with Crippen molar-refractivity contribution in [1.82, 2.24) is 9.55 Å². The predicted octanol–water partition coefficient (Wildman–Crippen LogP) is 1.01. The van der Waals surface area contributed by atoms with E-state index in [-0.39, 0.29) is 23.2 Å². The van der Waals surface area contributed by atoms with Crippen molar-refractivity contribution in [3.05, 3.63) is 32.6 Å². The van der Waals surface area contributed by atoms with E-state index >= 15 is 0 Å². The van der Waals surface area contributed by atoms with Crippen molar-refractivity contribution in [2.24, 2.45) is 0 Å². The maximum Gasteiger partial charge on any atom is 0.328 e. The molecule has 0 saturated carbocycles. The molecule has 1 aliphatic rings. The van der Waals surface area contributed by atoms with Gasteiger partial charge in [0.05, 0.1) is 0 Å². The van der Waals surface area contributed by atoms with Crippen LogP contribution in [0.15, 0.2) is 15.7 Å². The van der Waals surface area contributed by atoms with Crippen LogP contribution in [0.5, 0.6) is 0 Å². The summed E-state index contributed by atoms with van der Waals surface area (Å²) in [7, 11) is 0. The van der Waals surface area contributed by atoms with Crippen LogP contribution in [0, 0.1) is 0 Å². The Kier molecular flexibility index (Phi) is 3.47. The van der Waals surface area contributed by atoms with Gasteiger partial charge in [-0.15, -0.1) is 0 Å². The molecule has 5 heteroatoms. The summed E-state index contributed by atoms with van der Waals surface area (Å²) < 4.78 is 6.51. The summed E-state index contributed by atoms with van der Waals surface area (Å²) in [5, 5.41) is 0. The molecule has 0 aliphatic carbocycles. The number of ether oxygens (including phenoxy) is 1. The molecule has 0 amide bonds. The Morgan fingerprint density at radius 3 is 2.53 bits per heavy atom. The highest BCUT2D eigenvalue weighted by Crippen LogP contribution is 2.23. The molecule has 1 aromatic heterocycles. The summed E-state index contributed by atoms with van der Waals surface area (Å²) in [4.78, 5) is 26.5. The Balaban J connectivity index is 2.38. The third-order valence-corrected chi connectivity index (χ3v) is 3.16. The Bertz CT molecular complexity index is 464. The van der Waals surface area contributed by atoms with Gasteiger partial charge in [-0.1, -0.05) is 0 Å². The number of nitrogens with one attached hydrogen (secondary N) is 1. The lowest BCUT2D eigenvalue weighted by molar-refractivity contribution is 0.0843. The molecule has 1 aliphatic heterocycles. The van der Waals surface area contributed by atoms with Crippen molar-refractivity contribution in [2.45, 2.75) is 38.6 Å². The molecular formula is C12H18N2O3. The molecule has 2 heterocycles. The van der Waals surface area contributed by atoms with Gasteiger partial charge in [0, 0.05) is 36.9 Å². The van der Waals surface area contributed by atoms with Crippen LogP contribution in [0.25, 0.3) is 0 Å². The van der Waals surface area contributed by atoms with Gasteiger partial charge in [-0.3, -0.25) is 9.36 Å². The molecule has 0 atom stereocenters. The van der Waals surface area contributed by atoms with Crippen LogP contribution in [0.2, 0.25) is 0 Å². The van der Waals surface area contributed by atoms with Gasteiger partial charge in [0.2, 0.25) is 0 Å². The summed E-state index contributed by atoms with van der Waals surface area (Å²) in [6.07, 6.45) is 1.72. The first kappa shape index (κ1) is 12.1. The molecule has 1 N–H and O–H groups in total. The van der Waals surface area contributed by atoms with E-state index in [1.54, 1.807) is 6.07 Å². The van der Waals surface area contributed by atoms with Crippen LogP contribution in [0.3, 0.4) is 0 Å². The number of hydrogen-bond donors (Lipinski definition) is 1. The van der Waals surface area contributed by atoms with E-state index in [0.717, 1.165) is 18.5 Å². The lowest BCUT2D eigenvalue weighted by Crippen LogP contribution is -2.37. The van der Waals surface area contributed by atoms with E-state index < -0.39 is 0 Å². The first-order chi connectivity index (χ1) is 8.09. The van der Waals surface area contributed by atoms with Crippen LogP contribution >= 0.6 is 0 Å². The molecule has 1 fully saturated rings. The van der Waals surface area contributed by atoms with E-state index in [9.17, 15) is 9.59 Å². The van der Waals surface area contributed by atoms with Crippen LogP contribution in [0.4, 0.5) is 0 Å². The highest BCUT2D eigenvalue weighted by molar-refractivity contribution is 5.07. The zero-order chi connectivity index (χ0) is 12.4. The van der Waals surface area contributed by atoms with Crippen molar-refractivity contribution in [1.29, 1.82) is 0 Å². The van der Waals surface area contributed by atoms with Crippen LogP contribution in [-0.2, 0) is 4.74 Å². The Morgan fingerprint density at radius 1 is 1.35 bits per heavy atom. The molecule has 1 saturated heterocycles. The van der Waals surface area contributed by atoms with Crippen LogP contribution in [0.1, 0.15) is 44.3 Å². The van der Waals surface area contributed by atoms with Crippen molar-refractivity contribution in [3.8, 4) is 0 Å². The first-order valence-electron chi connectivity index (χ1n) is 6.03. The van der Waals surface area contributed by atoms with Crippen molar-refractivity contribution >= 4 is 0 Å². The fourth-order valence-electron chi connectivity index (χ4n) is 2.24. The maximum atomic E-state index is 11.9. The van der Waals surface area contributed by atoms with Crippen molar-refractivity contribution < 1.29 is 4.74 Å². The fraction of sp³-hybridized carbons (Fsp3) is 0.667. The molecule has 0 bridgehead atoms. The predicted molar refractivity (Wildman–Crippen MR) is 64.5 cm³/mol. The maximum absolute atomic E-state index is 11.9. The lowest BCUT2D eigenvalue weighted by Gasteiger charge is -2.22. The topological polar surface area (TPSA) is 64.1 Å². The second-order valence-electron chi connectivity index (χ2n) is 4.72. The molecule has 17 heavy (non-hydrogen) atoms. The van der Waals surface area contributed by atoms with Gasteiger partial charge in [-0.05, 0) is 26.7 Å². The van der Waals surface area contributed by atoms with Gasteiger partial charge in [-0.2, -0.15) is 0 Å². The number of hydrogen-bond acceptors (Lipinski definition) is 3. The van der Waals surface area contributed by atoms with Gasteiger partial charge >= 0.3 is 5.69 Å². The molecule has 1 aromatic rings. The molecule has 5 nitrogen and oxygen atoms in total.